The molecule has 1 aliphatic heterocycles. The lowest BCUT2D eigenvalue weighted by Gasteiger charge is -2.04. The lowest BCUT2D eigenvalue weighted by atomic mass is 10.1. The van der Waals surface area contributed by atoms with Crippen LogP contribution in [0.4, 0.5) is 5.13 Å². The molecular formula is C17H14N4O2S2. The minimum atomic E-state index is -0.477. The molecule has 0 saturated heterocycles. The van der Waals surface area contributed by atoms with Crippen molar-refractivity contribution in [2.75, 3.05) is 11.1 Å². The molecule has 0 aliphatic carbocycles. The third-order valence-corrected chi connectivity index (χ3v) is 5.60. The van der Waals surface area contributed by atoms with E-state index in [1.807, 2.05) is 36.6 Å². The molecule has 4 rings (SSSR count). The maximum atomic E-state index is 12.4. The Morgan fingerprint density at radius 2 is 2.08 bits per heavy atom. The fourth-order valence-corrected chi connectivity index (χ4v) is 4.15. The molecule has 6 nitrogen and oxygen atoms in total. The van der Waals surface area contributed by atoms with E-state index in [1.54, 1.807) is 4.57 Å². The first-order chi connectivity index (χ1) is 12.1. The van der Waals surface area contributed by atoms with Gasteiger partial charge in [-0.3, -0.25) is 19.5 Å². The highest BCUT2D eigenvalue weighted by Gasteiger charge is 2.20. The molecule has 0 bridgehead atoms. The molecule has 0 fully saturated rings. The van der Waals surface area contributed by atoms with Crippen LogP contribution in [0.5, 0.6) is 0 Å². The van der Waals surface area contributed by atoms with Crippen molar-refractivity contribution in [1.82, 2.24) is 14.5 Å². The van der Waals surface area contributed by atoms with E-state index in [-0.39, 0.29) is 11.1 Å². The number of thiazole rings is 1. The van der Waals surface area contributed by atoms with Crippen molar-refractivity contribution >= 4 is 34.1 Å². The number of carbonyl (C=O) groups is 1. The van der Waals surface area contributed by atoms with E-state index in [1.165, 1.54) is 34.9 Å². The van der Waals surface area contributed by atoms with E-state index >= 15 is 0 Å². The molecule has 8 heteroatoms. The second kappa shape index (κ2) is 6.45. The van der Waals surface area contributed by atoms with E-state index in [2.05, 4.69) is 15.3 Å². The molecule has 1 aromatic carbocycles. The summed E-state index contributed by atoms with van der Waals surface area (Å²) in [6, 6.07) is 8.01. The van der Waals surface area contributed by atoms with Crippen LogP contribution in [0.25, 0.3) is 11.3 Å². The number of fused-ring (bicyclic) bond motifs is 1. The molecule has 126 valence electrons. The van der Waals surface area contributed by atoms with Crippen molar-refractivity contribution in [3.8, 4) is 11.3 Å². The number of aromatic nitrogens is 3. The normalized spacial score (nSPS) is 12.8. The van der Waals surface area contributed by atoms with Crippen molar-refractivity contribution in [1.29, 1.82) is 0 Å². The maximum Gasteiger partial charge on any atom is 0.267 e. The monoisotopic (exact) mass is 370 g/mol. The van der Waals surface area contributed by atoms with Gasteiger partial charge in [0.15, 0.2) is 10.3 Å². The number of hydrogen-bond donors (Lipinski definition) is 1. The van der Waals surface area contributed by atoms with Gasteiger partial charge < -0.3 is 0 Å². The highest BCUT2D eigenvalue weighted by atomic mass is 32.2. The molecule has 0 saturated carbocycles. The SMILES string of the molecule is Cc1ccc(-c2csc(NC(=O)c3cnc4n(c3=O)CCS4)n2)cc1. The summed E-state index contributed by atoms with van der Waals surface area (Å²) in [5, 5.41) is 5.70. The molecule has 0 unspecified atom stereocenters. The number of nitrogens with one attached hydrogen (secondary N) is 1. The lowest BCUT2D eigenvalue weighted by molar-refractivity contribution is 0.102. The first-order valence-corrected chi connectivity index (χ1v) is 9.55. The number of benzene rings is 1. The van der Waals surface area contributed by atoms with E-state index < -0.39 is 5.91 Å². The smallest absolute Gasteiger partial charge is 0.267 e. The summed E-state index contributed by atoms with van der Waals surface area (Å²) in [5.74, 6) is 0.328. The first kappa shape index (κ1) is 16.0. The Kier molecular flexibility index (Phi) is 4.14. The van der Waals surface area contributed by atoms with E-state index in [0.29, 0.717) is 16.8 Å². The zero-order chi connectivity index (χ0) is 17.4. The molecule has 0 spiro atoms. The molecule has 3 aromatic rings. The molecule has 0 atom stereocenters. The van der Waals surface area contributed by atoms with Crippen LogP contribution in [-0.4, -0.2) is 26.2 Å². The fraction of sp³-hybridized carbons (Fsp3) is 0.176. The quantitative estimate of drug-likeness (QED) is 0.717. The molecular weight excluding hydrogens is 356 g/mol. The molecule has 1 amide bonds. The minimum absolute atomic E-state index is 0.0401. The predicted molar refractivity (Wildman–Crippen MR) is 99.5 cm³/mol. The first-order valence-electron chi connectivity index (χ1n) is 7.68. The van der Waals surface area contributed by atoms with Crippen molar-refractivity contribution in [2.24, 2.45) is 0 Å². The van der Waals surface area contributed by atoms with Crippen LogP contribution in [0.15, 0.2) is 45.8 Å². The van der Waals surface area contributed by atoms with E-state index in [9.17, 15) is 9.59 Å². The lowest BCUT2D eigenvalue weighted by Crippen LogP contribution is -2.29. The van der Waals surface area contributed by atoms with Crippen LogP contribution in [0.1, 0.15) is 15.9 Å². The Morgan fingerprint density at radius 1 is 1.28 bits per heavy atom. The number of aryl methyl sites for hydroxylation is 1. The third-order valence-electron chi connectivity index (χ3n) is 3.87. The Bertz CT molecular complexity index is 1010. The second-order valence-electron chi connectivity index (χ2n) is 5.62. The van der Waals surface area contributed by atoms with Crippen LogP contribution >= 0.6 is 23.1 Å². The molecule has 0 radical (unpaired) electrons. The number of anilines is 1. The van der Waals surface area contributed by atoms with Gasteiger partial charge in [0, 0.05) is 29.4 Å². The summed E-state index contributed by atoms with van der Waals surface area (Å²) in [5.41, 5.74) is 2.69. The summed E-state index contributed by atoms with van der Waals surface area (Å²) < 4.78 is 1.54. The molecule has 3 heterocycles. The number of nitrogens with zero attached hydrogens (tertiary/aromatic N) is 3. The molecule has 1 N–H and O–H groups in total. The van der Waals surface area contributed by atoms with Gasteiger partial charge in [0.25, 0.3) is 11.5 Å². The second-order valence-corrected chi connectivity index (χ2v) is 7.54. The number of thioether (sulfide) groups is 1. The molecule has 1 aliphatic rings. The average molecular weight is 370 g/mol. The topological polar surface area (TPSA) is 76.9 Å². The Morgan fingerprint density at radius 3 is 2.88 bits per heavy atom. The zero-order valence-corrected chi connectivity index (χ0v) is 15.0. The summed E-state index contributed by atoms with van der Waals surface area (Å²) >= 11 is 2.84. The van der Waals surface area contributed by atoms with Crippen LogP contribution < -0.4 is 10.9 Å². The van der Waals surface area contributed by atoms with Gasteiger partial charge in [-0.25, -0.2) is 9.97 Å². The van der Waals surface area contributed by atoms with Crippen molar-refractivity contribution < 1.29 is 4.79 Å². The van der Waals surface area contributed by atoms with Crippen molar-refractivity contribution in [2.45, 2.75) is 18.6 Å². The molecule has 2 aromatic heterocycles. The van der Waals surface area contributed by atoms with Gasteiger partial charge in [-0.2, -0.15) is 0 Å². The predicted octanol–water partition coefficient (Wildman–Crippen LogP) is 3.03. The van der Waals surface area contributed by atoms with Crippen LogP contribution in [0.2, 0.25) is 0 Å². The summed E-state index contributed by atoms with van der Waals surface area (Å²) in [6.07, 6.45) is 1.34. The van der Waals surface area contributed by atoms with E-state index in [0.717, 1.165) is 17.0 Å². The average Bonchev–Trinajstić information content (AvgIpc) is 3.25. The van der Waals surface area contributed by atoms with Crippen LogP contribution in [-0.2, 0) is 6.54 Å². The van der Waals surface area contributed by atoms with E-state index in [4.69, 9.17) is 0 Å². The Hall–Kier alpha value is -2.45. The zero-order valence-electron chi connectivity index (χ0n) is 13.4. The van der Waals surface area contributed by atoms with Gasteiger partial charge in [0.2, 0.25) is 0 Å². The highest BCUT2D eigenvalue weighted by molar-refractivity contribution is 7.99. The standard InChI is InChI=1S/C17H14N4O2S2/c1-10-2-4-11(5-3-10)13-9-25-16(19-13)20-14(22)12-8-18-17-21(15(12)23)6-7-24-17/h2-5,8-9H,6-7H2,1H3,(H,19,20,22). The summed E-state index contributed by atoms with van der Waals surface area (Å²) in [7, 11) is 0. The van der Waals surface area contributed by atoms with Crippen LogP contribution in [0.3, 0.4) is 0 Å². The Labute approximate surface area is 152 Å². The largest absolute Gasteiger partial charge is 0.298 e. The van der Waals surface area contributed by atoms with Crippen LogP contribution in [0, 0.1) is 6.92 Å². The molecule has 25 heavy (non-hydrogen) atoms. The van der Waals surface area contributed by atoms with Crippen molar-refractivity contribution in [3.63, 3.8) is 0 Å². The van der Waals surface area contributed by atoms with Gasteiger partial charge in [0.1, 0.15) is 5.56 Å². The third kappa shape index (κ3) is 3.10. The van der Waals surface area contributed by atoms with Gasteiger partial charge in [-0.1, -0.05) is 41.6 Å². The Balaban J connectivity index is 1.56. The number of rotatable bonds is 3. The van der Waals surface area contributed by atoms with Gasteiger partial charge in [-0.05, 0) is 6.92 Å². The van der Waals surface area contributed by atoms with Gasteiger partial charge >= 0.3 is 0 Å². The minimum Gasteiger partial charge on any atom is -0.298 e. The van der Waals surface area contributed by atoms with Crippen molar-refractivity contribution in [3.05, 3.63) is 57.3 Å². The van der Waals surface area contributed by atoms with Gasteiger partial charge in [0.05, 0.1) is 5.69 Å². The summed E-state index contributed by atoms with van der Waals surface area (Å²) in [4.78, 5) is 33.4. The van der Waals surface area contributed by atoms with Gasteiger partial charge in [-0.15, -0.1) is 11.3 Å². The number of carbonyl (C=O) groups excluding carboxylic acids is 1. The summed E-state index contributed by atoms with van der Waals surface area (Å²) in [6.45, 7) is 2.61. The highest BCUT2D eigenvalue weighted by Crippen LogP contribution is 2.25. The maximum absolute atomic E-state index is 12.4. The number of hydrogen-bond acceptors (Lipinski definition) is 6. The fourth-order valence-electron chi connectivity index (χ4n) is 2.53. The number of amides is 1.